The number of rotatable bonds is 4. The molecule has 3 amide bonds. The van der Waals surface area contributed by atoms with Crippen LogP contribution in [0.1, 0.15) is 46.5 Å². The van der Waals surface area contributed by atoms with Crippen molar-refractivity contribution in [2.75, 3.05) is 13.1 Å². The summed E-state index contributed by atoms with van der Waals surface area (Å²) in [7, 11) is 0. The Balaban J connectivity index is 2.36. The summed E-state index contributed by atoms with van der Waals surface area (Å²) in [6.45, 7) is 7.15. The summed E-state index contributed by atoms with van der Waals surface area (Å²) in [4.78, 5) is 25.3. The maximum atomic E-state index is 11.8. The van der Waals surface area contributed by atoms with Gasteiger partial charge in [0.1, 0.15) is 0 Å². The summed E-state index contributed by atoms with van der Waals surface area (Å²) in [6, 6.07) is 0.119. The van der Waals surface area contributed by atoms with E-state index >= 15 is 0 Å². The van der Waals surface area contributed by atoms with Gasteiger partial charge in [0.15, 0.2) is 0 Å². The zero-order chi connectivity index (χ0) is 13.5. The molecule has 1 heterocycles. The smallest absolute Gasteiger partial charge is 0.321 e. The predicted molar refractivity (Wildman–Crippen MR) is 71.3 cm³/mol. The fourth-order valence-electron chi connectivity index (χ4n) is 2.38. The molecule has 0 aromatic heterocycles. The number of hydrogen-bond acceptors (Lipinski definition) is 3. The summed E-state index contributed by atoms with van der Waals surface area (Å²) in [5.41, 5.74) is 0. The molecule has 1 aliphatic heterocycles. The first-order valence-electron chi connectivity index (χ1n) is 6.87. The van der Waals surface area contributed by atoms with Crippen molar-refractivity contribution in [3.05, 3.63) is 0 Å². The molecule has 0 spiro atoms. The molecule has 1 atom stereocenters. The zero-order valence-electron chi connectivity index (χ0n) is 11.7. The first kappa shape index (κ1) is 15.0. The van der Waals surface area contributed by atoms with Crippen LogP contribution < -0.4 is 10.6 Å². The maximum Gasteiger partial charge on any atom is 0.321 e. The number of imide groups is 1. The Bertz CT molecular complexity index is 292. The van der Waals surface area contributed by atoms with Crippen molar-refractivity contribution >= 4 is 11.9 Å². The average Bonchev–Trinajstić information content (AvgIpc) is 2.28. The van der Waals surface area contributed by atoms with E-state index in [1.54, 1.807) is 0 Å². The highest BCUT2D eigenvalue weighted by atomic mass is 16.2. The van der Waals surface area contributed by atoms with Gasteiger partial charge in [0.25, 0.3) is 0 Å². The highest BCUT2D eigenvalue weighted by Gasteiger charge is 2.23. The van der Waals surface area contributed by atoms with E-state index in [4.69, 9.17) is 0 Å². The number of nitrogens with one attached hydrogen (secondary N) is 2. The molecule has 5 nitrogen and oxygen atoms in total. The van der Waals surface area contributed by atoms with Crippen molar-refractivity contribution in [3.8, 4) is 0 Å². The Labute approximate surface area is 109 Å². The highest BCUT2D eigenvalue weighted by Crippen LogP contribution is 2.18. The first-order valence-corrected chi connectivity index (χ1v) is 6.87. The molecule has 0 saturated carbocycles. The van der Waals surface area contributed by atoms with E-state index in [1.165, 1.54) is 6.42 Å². The molecule has 1 saturated heterocycles. The maximum absolute atomic E-state index is 11.8. The molecule has 2 N–H and O–H groups in total. The van der Waals surface area contributed by atoms with Crippen LogP contribution in [0.4, 0.5) is 4.79 Å². The van der Waals surface area contributed by atoms with Crippen molar-refractivity contribution in [3.63, 3.8) is 0 Å². The number of carbonyl (C=O) groups excluding carboxylic acids is 2. The van der Waals surface area contributed by atoms with E-state index < -0.39 is 6.03 Å². The number of hydrogen-bond donors (Lipinski definition) is 2. The molecule has 0 bridgehead atoms. The van der Waals surface area contributed by atoms with Gasteiger partial charge in [-0.05, 0) is 39.7 Å². The van der Waals surface area contributed by atoms with E-state index in [-0.39, 0.29) is 11.9 Å². The quantitative estimate of drug-likeness (QED) is 0.800. The highest BCUT2D eigenvalue weighted by molar-refractivity contribution is 5.95. The third-order valence-corrected chi connectivity index (χ3v) is 3.24. The lowest BCUT2D eigenvalue weighted by molar-refractivity contribution is -0.122. The standard InChI is InChI=1S/C13H25N3O2/c1-4-11-7-5-6-8-16(11)9-12(17)15-13(18)14-10(2)3/h10-11H,4-9H2,1-3H3,(H2,14,15,17,18). The second-order valence-corrected chi connectivity index (χ2v) is 5.20. The van der Waals surface area contributed by atoms with E-state index in [1.807, 2.05) is 13.8 Å². The van der Waals surface area contributed by atoms with E-state index in [9.17, 15) is 9.59 Å². The van der Waals surface area contributed by atoms with Gasteiger partial charge in [-0.2, -0.15) is 0 Å². The first-order chi connectivity index (χ1) is 8.52. The number of urea groups is 1. The van der Waals surface area contributed by atoms with Gasteiger partial charge in [-0.25, -0.2) is 4.79 Å². The fraction of sp³-hybridized carbons (Fsp3) is 0.846. The van der Waals surface area contributed by atoms with Crippen LogP contribution in [0.5, 0.6) is 0 Å². The molecule has 0 aromatic carbocycles. The molecule has 0 aromatic rings. The predicted octanol–water partition coefficient (Wildman–Crippen LogP) is 1.49. The summed E-state index contributed by atoms with van der Waals surface area (Å²) < 4.78 is 0. The van der Waals surface area contributed by atoms with Crippen LogP contribution in [0.2, 0.25) is 0 Å². The summed E-state index contributed by atoms with van der Waals surface area (Å²) in [5.74, 6) is -0.214. The summed E-state index contributed by atoms with van der Waals surface area (Å²) in [6.07, 6.45) is 4.60. The lowest BCUT2D eigenvalue weighted by Crippen LogP contribution is -2.49. The minimum atomic E-state index is -0.403. The molecule has 0 aliphatic carbocycles. The van der Waals surface area contributed by atoms with Crippen molar-refractivity contribution in [2.24, 2.45) is 0 Å². The number of likely N-dealkylation sites (tertiary alicyclic amines) is 1. The number of carbonyl (C=O) groups is 2. The molecule has 1 fully saturated rings. The lowest BCUT2D eigenvalue weighted by Gasteiger charge is -2.34. The summed E-state index contributed by atoms with van der Waals surface area (Å²) in [5, 5.41) is 5.02. The van der Waals surface area contributed by atoms with Gasteiger partial charge in [-0.15, -0.1) is 0 Å². The van der Waals surface area contributed by atoms with Crippen molar-refractivity contribution < 1.29 is 9.59 Å². The second-order valence-electron chi connectivity index (χ2n) is 5.20. The van der Waals surface area contributed by atoms with Gasteiger partial charge >= 0.3 is 6.03 Å². The van der Waals surface area contributed by atoms with Gasteiger partial charge in [0, 0.05) is 12.1 Å². The minimum Gasteiger partial charge on any atom is -0.336 e. The van der Waals surface area contributed by atoms with E-state index in [0.717, 1.165) is 25.8 Å². The van der Waals surface area contributed by atoms with E-state index in [0.29, 0.717) is 12.6 Å². The largest absolute Gasteiger partial charge is 0.336 e. The molecule has 1 rings (SSSR count). The monoisotopic (exact) mass is 255 g/mol. The average molecular weight is 255 g/mol. The third-order valence-electron chi connectivity index (χ3n) is 3.24. The van der Waals surface area contributed by atoms with Crippen LogP contribution in [-0.2, 0) is 4.79 Å². The topological polar surface area (TPSA) is 61.4 Å². The Morgan fingerprint density at radius 1 is 1.33 bits per heavy atom. The molecular weight excluding hydrogens is 230 g/mol. The van der Waals surface area contributed by atoms with Crippen molar-refractivity contribution in [1.29, 1.82) is 0 Å². The van der Waals surface area contributed by atoms with Gasteiger partial charge < -0.3 is 5.32 Å². The second kappa shape index (κ2) is 7.36. The Kier molecular flexibility index (Phi) is 6.12. The fourth-order valence-corrected chi connectivity index (χ4v) is 2.38. The van der Waals surface area contributed by atoms with Gasteiger partial charge in [-0.3, -0.25) is 15.0 Å². The van der Waals surface area contributed by atoms with Crippen LogP contribution >= 0.6 is 0 Å². The van der Waals surface area contributed by atoms with Crippen LogP contribution in [0, 0.1) is 0 Å². The molecule has 5 heteroatoms. The number of nitrogens with zero attached hydrogens (tertiary/aromatic N) is 1. The minimum absolute atomic E-state index is 0.0381. The van der Waals surface area contributed by atoms with E-state index in [2.05, 4.69) is 22.5 Å². The summed E-state index contributed by atoms with van der Waals surface area (Å²) >= 11 is 0. The Morgan fingerprint density at radius 2 is 2.06 bits per heavy atom. The third kappa shape index (κ3) is 5.04. The number of piperidine rings is 1. The SMILES string of the molecule is CCC1CCCCN1CC(=O)NC(=O)NC(C)C. The molecular formula is C13H25N3O2. The molecule has 1 aliphatic rings. The number of amides is 3. The van der Waals surface area contributed by atoms with Crippen molar-refractivity contribution in [2.45, 2.75) is 58.5 Å². The van der Waals surface area contributed by atoms with Gasteiger partial charge in [0.05, 0.1) is 6.54 Å². The van der Waals surface area contributed by atoms with Crippen molar-refractivity contribution in [1.82, 2.24) is 15.5 Å². The van der Waals surface area contributed by atoms with Gasteiger partial charge in [-0.1, -0.05) is 13.3 Å². The van der Waals surface area contributed by atoms with Crippen LogP contribution in [0.15, 0.2) is 0 Å². The lowest BCUT2D eigenvalue weighted by atomic mass is 10.0. The zero-order valence-corrected chi connectivity index (χ0v) is 11.7. The Morgan fingerprint density at radius 3 is 2.67 bits per heavy atom. The normalized spacial score (nSPS) is 20.8. The Hall–Kier alpha value is -1.10. The van der Waals surface area contributed by atoms with Gasteiger partial charge in [0.2, 0.25) is 5.91 Å². The molecule has 0 radical (unpaired) electrons. The molecule has 18 heavy (non-hydrogen) atoms. The molecule has 104 valence electrons. The van der Waals surface area contributed by atoms with Crippen LogP contribution in [0.3, 0.4) is 0 Å². The molecule has 1 unspecified atom stereocenters. The van der Waals surface area contributed by atoms with Crippen LogP contribution in [-0.4, -0.2) is 42.0 Å². The van der Waals surface area contributed by atoms with Crippen LogP contribution in [0.25, 0.3) is 0 Å².